The third-order valence-electron chi connectivity index (χ3n) is 4.06. The Labute approximate surface area is 133 Å². The van der Waals surface area contributed by atoms with Gasteiger partial charge < -0.3 is 10.1 Å². The summed E-state index contributed by atoms with van der Waals surface area (Å²) >= 11 is 3.12. The van der Waals surface area contributed by atoms with Crippen molar-refractivity contribution in [2.24, 2.45) is 5.92 Å². The molecule has 1 aliphatic heterocycles. The smallest absolute Gasteiger partial charge is 0.143 e. The van der Waals surface area contributed by atoms with Crippen molar-refractivity contribution in [2.45, 2.75) is 45.3 Å². The maximum absolute atomic E-state index is 14.2. The first-order valence-corrected chi connectivity index (χ1v) is 8.31. The average Bonchev–Trinajstić information content (AvgIpc) is 2.89. The Morgan fingerprint density at radius 1 is 1.43 bits per heavy atom. The second-order valence-corrected chi connectivity index (χ2v) is 6.54. The molecule has 5 heteroatoms. The van der Waals surface area contributed by atoms with Gasteiger partial charge in [0.05, 0.1) is 10.6 Å². The van der Waals surface area contributed by atoms with Gasteiger partial charge in [0.15, 0.2) is 0 Å². The molecule has 0 saturated carbocycles. The molecule has 1 saturated heterocycles. The highest BCUT2D eigenvalue weighted by atomic mass is 79.9. The first kappa shape index (κ1) is 16.8. The molecule has 21 heavy (non-hydrogen) atoms. The SMILES string of the molecule is CCCNC(Cc1c(F)ccc(Br)c1F)C1OCCC1C. The molecule has 1 N–H and O–H groups in total. The highest BCUT2D eigenvalue weighted by molar-refractivity contribution is 9.10. The van der Waals surface area contributed by atoms with Gasteiger partial charge in [-0.3, -0.25) is 0 Å². The molecule has 0 bridgehead atoms. The fraction of sp³-hybridized carbons (Fsp3) is 0.625. The highest BCUT2D eigenvalue weighted by Crippen LogP contribution is 2.28. The maximum atomic E-state index is 14.2. The van der Waals surface area contributed by atoms with Crippen molar-refractivity contribution in [1.29, 1.82) is 0 Å². The molecule has 118 valence electrons. The molecule has 1 aliphatic rings. The van der Waals surface area contributed by atoms with Crippen molar-refractivity contribution in [3.8, 4) is 0 Å². The average molecular weight is 362 g/mol. The van der Waals surface area contributed by atoms with Crippen LogP contribution in [-0.2, 0) is 11.2 Å². The van der Waals surface area contributed by atoms with Crippen LogP contribution in [0.2, 0.25) is 0 Å². The van der Waals surface area contributed by atoms with Gasteiger partial charge in [-0.2, -0.15) is 0 Å². The van der Waals surface area contributed by atoms with Crippen LogP contribution < -0.4 is 5.32 Å². The van der Waals surface area contributed by atoms with Crippen LogP contribution in [0.3, 0.4) is 0 Å². The van der Waals surface area contributed by atoms with E-state index in [4.69, 9.17) is 4.74 Å². The lowest BCUT2D eigenvalue weighted by Crippen LogP contribution is -2.44. The van der Waals surface area contributed by atoms with Gasteiger partial charge in [-0.15, -0.1) is 0 Å². The molecule has 0 amide bonds. The molecule has 2 nitrogen and oxygen atoms in total. The summed E-state index contributed by atoms with van der Waals surface area (Å²) in [6, 6.07) is 2.64. The molecule has 1 aromatic carbocycles. The minimum Gasteiger partial charge on any atom is -0.376 e. The van der Waals surface area contributed by atoms with E-state index in [0.29, 0.717) is 16.8 Å². The highest BCUT2D eigenvalue weighted by Gasteiger charge is 2.33. The Hall–Kier alpha value is -0.520. The Bertz CT molecular complexity index is 484. The second kappa shape index (κ2) is 7.65. The van der Waals surface area contributed by atoms with Crippen molar-refractivity contribution in [3.05, 3.63) is 33.8 Å². The summed E-state index contributed by atoms with van der Waals surface area (Å²) in [5, 5.41) is 3.39. The van der Waals surface area contributed by atoms with Gasteiger partial charge in [0.2, 0.25) is 0 Å². The van der Waals surface area contributed by atoms with Gasteiger partial charge in [0.1, 0.15) is 11.6 Å². The molecular weight excluding hydrogens is 340 g/mol. The molecule has 0 aliphatic carbocycles. The normalized spacial score (nSPS) is 23.5. The molecule has 3 atom stereocenters. The maximum Gasteiger partial charge on any atom is 0.143 e. The fourth-order valence-electron chi connectivity index (χ4n) is 2.84. The quantitative estimate of drug-likeness (QED) is 0.771. The largest absolute Gasteiger partial charge is 0.376 e. The number of ether oxygens (including phenoxy) is 1. The van der Waals surface area contributed by atoms with Gasteiger partial charge in [0, 0.05) is 18.2 Å². The number of hydrogen-bond acceptors (Lipinski definition) is 2. The predicted octanol–water partition coefficient (Wildman–Crippen LogP) is 4.06. The number of nitrogens with one attached hydrogen (secondary N) is 1. The molecule has 2 rings (SSSR count). The summed E-state index contributed by atoms with van der Waals surface area (Å²) in [4.78, 5) is 0. The van der Waals surface area contributed by atoms with Crippen LogP contribution in [0.15, 0.2) is 16.6 Å². The molecule has 0 spiro atoms. The Balaban J connectivity index is 2.20. The minimum atomic E-state index is -0.510. The molecule has 3 unspecified atom stereocenters. The van der Waals surface area contributed by atoms with Gasteiger partial charge in [-0.1, -0.05) is 13.8 Å². The van der Waals surface area contributed by atoms with Crippen molar-refractivity contribution in [2.75, 3.05) is 13.2 Å². The van der Waals surface area contributed by atoms with E-state index in [9.17, 15) is 8.78 Å². The molecule has 1 aromatic rings. The number of benzene rings is 1. The van der Waals surface area contributed by atoms with Crippen molar-refractivity contribution in [3.63, 3.8) is 0 Å². The minimum absolute atomic E-state index is 0.00864. The first-order chi connectivity index (χ1) is 10.0. The van der Waals surface area contributed by atoms with Crippen LogP contribution in [0.5, 0.6) is 0 Å². The van der Waals surface area contributed by atoms with Crippen molar-refractivity contribution >= 4 is 15.9 Å². The van der Waals surface area contributed by atoms with Crippen LogP contribution in [0, 0.1) is 17.6 Å². The molecule has 1 heterocycles. The molecule has 0 radical (unpaired) electrons. The Morgan fingerprint density at radius 2 is 2.19 bits per heavy atom. The lowest BCUT2D eigenvalue weighted by molar-refractivity contribution is 0.0605. The summed E-state index contributed by atoms with van der Waals surface area (Å²) in [6.45, 7) is 5.74. The Morgan fingerprint density at radius 3 is 2.81 bits per heavy atom. The van der Waals surface area contributed by atoms with E-state index in [0.717, 1.165) is 26.0 Å². The van der Waals surface area contributed by atoms with Crippen molar-refractivity contribution < 1.29 is 13.5 Å². The van der Waals surface area contributed by atoms with E-state index in [1.165, 1.54) is 12.1 Å². The summed E-state index contributed by atoms with van der Waals surface area (Å²) in [7, 11) is 0. The number of rotatable bonds is 6. The zero-order chi connectivity index (χ0) is 15.4. The first-order valence-electron chi connectivity index (χ1n) is 7.52. The van der Waals surface area contributed by atoms with E-state index in [1.807, 2.05) is 0 Å². The number of hydrogen-bond donors (Lipinski definition) is 1. The van der Waals surface area contributed by atoms with E-state index in [2.05, 4.69) is 35.1 Å². The monoisotopic (exact) mass is 361 g/mol. The van der Waals surface area contributed by atoms with Gasteiger partial charge in [-0.05, 0) is 59.8 Å². The van der Waals surface area contributed by atoms with Crippen LogP contribution >= 0.6 is 15.9 Å². The fourth-order valence-corrected chi connectivity index (χ4v) is 3.21. The van der Waals surface area contributed by atoms with Crippen LogP contribution in [-0.4, -0.2) is 25.3 Å². The van der Waals surface area contributed by atoms with Crippen LogP contribution in [0.4, 0.5) is 8.78 Å². The van der Waals surface area contributed by atoms with Crippen LogP contribution in [0.25, 0.3) is 0 Å². The van der Waals surface area contributed by atoms with E-state index < -0.39 is 11.6 Å². The standard InChI is InChI=1S/C16H22BrF2NO/c1-3-7-20-14(16-10(2)6-8-21-16)9-11-13(18)5-4-12(17)15(11)19/h4-5,10,14,16,20H,3,6-9H2,1-2H3. The van der Waals surface area contributed by atoms with Gasteiger partial charge in [-0.25, -0.2) is 8.78 Å². The second-order valence-electron chi connectivity index (χ2n) is 5.69. The van der Waals surface area contributed by atoms with Crippen molar-refractivity contribution in [1.82, 2.24) is 5.32 Å². The Kier molecular flexibility index (Phi) is 6.14. The summed E-state index contributed by atoms with van der Waals surface area (Å²) in [6.07, 6.45) is 2.28. The van der Waals surface area contributed by atoms with Gasteiger partial charge >= 0.3 is 0 Å². The van der Waals surface area contributed by atoms with Gasteiger partial charge in [0.25, 0.3) is 0 Å². The number of halogens is 3. The lowest BCUT2D eigenvalue weighted by Gasteiger charge is -2.27. The van der Waals surface area contributed by atoms with E-state index in [1.54, 1.807) is 0 Å². The summed E-state index contributed by atoms with van der Waals surface area (Å²) < 4.78 is 34.2. The molecular formula is C16H22BrF2NO. The molecule has 0 aromatic heterocycles. The zero-order valence-corrected chi connectivity index (χ0v) is 14.1. The van der Waals surface area contributed by atoms with E-state index in [-0.39, 0.29) is 17.7 Å². The third kappa shape index (κ3) is 4.02. The van der Waals surface area contributed by atoms with Crippen LogP contribution in [0.1, 0.15) is 32.3 Å². The predicted molar refractivity (Wildman–Crippen MR) is 83.4 cm³/mol. The topological polar surface area (TPSA) is 21.3 Å². The summed E-state index contributed by atoms with van der Waals surface area (Å²) in [5.41, 5.74) is 0.126. The molecule has 1 fully saturated rings. The third-order valence-corrected chi connectivity index (χ3v) is 4.67. The lowest BCUT2D eigenvalue weighted by atomic mass is 9.92. The van der Waals surface area contributed by atoms with E-state index >= 15 is 0 Å². The zero-order valence-electron chi connectivity index (χ0n) is 12.5. The summed E-state index contributed by atoms with van der Waals surface area (Å²) in [5.74, 6) is -0.605.